The third-order valence-electron chi connectivity index (χ3n) is 3.03. The molecule has 0 radical (unpaired) electrons. The summed E-state index contributed by atoms with van der Waals surface area (Å²) in [6.07, 6.45) is 14.8. The Labute approximate surface area is 96.7 Å². The molecule has 1 heteroatoms. The minimum atomic E-state index is -0.276. The van der Waals surface area contributed by atoms with Crippen LogP contribution in [0.25, 0.3) is 0 Å². The van der Waals surface area contributed by atoms with E-state index in [0.717, 1.165) is 17.5 Å². The maximum atomic E-state index is 5.68. The summed E-state index contributed by atoms with van der Waals surface area (Å²) in [7, 11) is 0. The molecule has 0 amide bonds. The molecule has 2 rings (SSSR count). The molecule has 0 aliphatic heterocycles. The predicted octanol–water partition coefficient (Wildman–Crippen LogP) is 2.53. The van der Waals surface area contributed by atoms with Crippen LogP contribution in [-0.2, 0) is 12.0 Å². The average molecular weight is 209 g/mol. The number of rotatable bonds is 2. The summed E-state index contributed by atoms with van der Waals surface area (Å²) in [5, 5.41) is 0. The van der Waals surface area contributed by atoms with Gasteiger partial charge in [0.05, 0.1) is 5.41 Å². The molecule has 2 N–H and O–H groups in total. The predicted molar refractivity (Wildman–Crippen MR) is 67.7 cm³/mol. The minimum Gasteiger partial charge on any atom is -0.326 e. The van der Waals surface area contributed by atoms with Crippen molar-refractivity contribution in [3.05, 3.63) is 59.7 Å². The molecular weight excluding hydrogens is 194 g/mol. The van der Waals surface area contributed by atoms with E-state index in [9.17, 15) is 0 Å². The molecule has 0 heterocycles. The van der Waals surface area contributed by atoms with Crippen LogP contribution in [0.3, 0.4) is 0 Å². The van der Waals surface area contributed by atoms with E-state index in [4.69, 9.17) is 12.2 Å². The molecule has 1 aromatic carbocycles. The Morgan fingerprint density at radius 3 is 2.50 bits per heavy atom. The Hall–Kier alpha value is -1.78. The monoisotopic (exact) mass is 209 g/mol. The molecule has 0 saturated carbocycles. The molecule has 80 valence electrons. The lowest BCUT2D eigenvalue weighted by Crippen LogP contribution is -2.21. The van der Waals surface area contributed by atoms with Gasteiger partial charge in [0.25, 0.3) is 0 Å². The van der Waals surface area contributed by atoms with Crippen LogP contribution in [0.5, 0.6) is 0 Å². The van der Waals surface area contributed by atoms with Crippen LogP contribution < -0.4 is 5.73 Å². The van der Waals surface area contributed by atoms with Crippen LogP contribution in [0.1, 0.15) is 17.5 Å². The molecule has 1 aliphatic carbocycles. The van der Waals surface area contributed by atoms with Gasteiger partial charge in [0.2, 0.25) is 0 Å². The number of hydrogen-bond acceptors (Lipinski definition) is 1. The summed E-state index contributed by atoms with van der Waals surface area (Å²) in [6, 6.07) is 8.23. The number of terminal acetylenes is 1. The van der Waals surface area contributed by atoms with Crippen LogP contribution >= 0.6 is 0 Å². The van der Waals surface area contributed by atoms with Gasteiger partial charge in [-0.05, 0) is 17.5 Å². The summed E-state index contributed by atoms with van der Waals surface area (Å²) in [4.78, 5) is 0. The molecule has 0 spiro atoms. The van der Waals surface area contributed by atoms with Crippen molar-refractivity contribution in [2.24, 2.45) is 5.73 Å². The quantitative estimate of drug-likeness (QED) is 0.744. The first-order chi connectivity index (χ1) is 7.80. The van der Waals surface area contributed by atoms with Crippen LogP contribution in [0.4, 0.5) is 0 Å². The maximum absolute atomic E-state index is 5.68. The molecule has 1 atom stereocenters. The number of hydrogen-bond donors (Lipinski definition) is 1. The molecule has 0 aromatic heterocycles. The van der Waals surface area contributed by atoms with Crippen molar-refractivity contribution in [3.8, 4) is 12.3 Å². The maximum Gasteiger partial charge on any atom is 0.0777 e. The minimum absolute atomic E-state index is 0.276. The van der Waals surface area contributed by atoms with Crippen LogP contribution in [-0.4, -0.2) is 0 Å². The summed E-state index contributed by atoms with van der Waals surface area (Å²) in [6.45, 7) is 0.569. The third-order valence-corrected chi connectivity index (χ3v) is 3.03. The van der Waals surface area contributed by atoms with Gasteiger partial charge in [0.1, 0.15) is 0 Å². The van der Waals surface area contributed by atoms with Gasteiger partial charge in [-0.2, -0.15) is 0 Å². The second-order valence-corrected chi connectivity index (χ2v) is 4.01. The highest BCUT2D eigenvalue weighted by Gasteiger charge is 2.26. The first kappa shape index (κ1) is 10.7. The number of nitrogens with two attached hydrogens (primary N) is 1. The summed E-state index contributed by atoms with van der Waals surface area (Å²) >= 11 is 0. The largest absolute Gasteiger partial charge is 0.326 e. The third kappa shape index (κ3) is 1.80. The standard InChI is InChI=1S/C15H15N/c1-2-15(10-4-3-5-11-15)14-8-6-13(12-16)7-9-14/h1,3-10H,11-12,16H2. The second-order valence-electron chi connectivity index (χ2n) is 4.01. The molecule has 1 nitrogen and oxygen atoms in total. The highest BCUT2D eigenvalue weighted by atomic mass is 14.5. The molecule has 0 saturated heterocycles. The lowest BCUT2D eigenvalue weighted by Gasteiger charge is -2.26. The average Bonchev–Trinajstić information content (AvgIpc) is 2.39. The SMILES string of the molecule is C#CC1(c2ccc(CN)cc2)C=CC=CC1. The van der Waals surface area contributed by atoms with E-state index in [0.29, 0.717) is 6.54 Å². The fourth-order valence-corrected chi connectivity index (χ4v) is 1.96. The first-order valence-corrected chi connectivity index (χ1v) is 5.42. The van der Waals surface area contributed by atoms with Crippen molar-refractivity contribution < 1.29 is 0 Å². The highest BCUT2D eigenvalue weighted by molar-refractivity contribution is 5.44. The fraction of sp³-hybridized carbons (Fsp3) is 0.200. The number of allylic oxidation sites excluding steroid dienone is 4. The van der Waals surface area contributed by atoms with Gasteiger partial charge >= 0.3 is 0 Å². The van der Waals surface area contributed by atoms with Gasteiger partial charge in [-0.1, -0.05) is 54.5 Å². The Kier molecular flexibility index (Phi) is 2.94. The molecule has 1 aliphatic rings. The van der Waals surface area contributed by atoms with Gasteiger partial charge in [-0.25, -0.2) is 0 Å². The van der Waals surface area contributed by atoms with Crippen LogP contribution in [0.15, 0.2) is 48.6 Å². The summed E-state index contributed by atoms with van der Waals surface area (Å²) < 4.78 is 0. The van der Waals surface area contributed by atoms with E-state index < -0.39 is 0 Å². The first-order valence-electron chi connectivity index (χ1n) is 5.42. The normalized spacial score (nSPS) is 23.0. The summed E-state index contributed by atoms with van der Waals surface area (Å²) in [5.41, 5.74) is 7.59. The van der Waals surface area contributed by atoms with E-state index in [1.165, 1.54) is 0 Å². The van der Waals surface area contributed by atoms with E-state index in [-0.39, 0.29) is 5.41 Å². The van der Waals surface area contributed by atoms with Crippen molar-refractivity contribution in [2.75, 3.05) is 0 Å². The van der Waals surface area contributed by atoms with Crippen LogP contribution in [0.2, 0.25) is 0 Å². The molecule has 1 unspecified atom stereocenters. The Balaban J connectivity index is 2.38. The van der Waals surface area contributed by atoms with Gasteiger partial charge in [0, 0.05) is 6.54 Å². The Morgan fingerprint density at radius 2 is 2.00 bits per heavy atom. The molecule has 0 bridgehead atoms. The Bertz CT molecular complexity index is 459. The zero-order valence-corrected chi connectivity index (χ0v) is 9.19. The molecule has 0 fully saturated rings. The van der Waals surface area contributed by atoms with Crippen LogP contribution in [0, 0.1) is 12.3 Å². The smallest absolute Gasteiger partial charge is 0.0777 e. The van der Waals surface area contributed by atoms with Gasteiger partial charge in [-0.3, -0.25) is 0 Å². The van der Waals surface area contributed by atoms with Crippen molar-refractivity contribution in [1.82, 2.24) is 0 Å². The van der Waals surface area contributed by atoms with E-state index >= 15 is 0 Å². The van der Waals surface area contributed by atoms with Crippen molar-refractivity contribution in [3.63, 3.8) is 0 Å². The van der Waals surface area contributed by atoms with E-state index in [1.54, 1.807) is 0 Å². The van der Waals surface area contributed by atoms with Gasteiger partial charge < -0.3 is 5.73 Å². The van der Waals surface area contributed by atoms with E-state index in [1.807, 2.05) is 24.3 Å². The molecular formula is C15H15N. The van der Waals surface area contributed by atoms with Crippen molar-refractivity contribution >= 4 is 0 Å². The van der Waals surface area contributed by atoms with E-state index in [2.05, 4.69) is 30.2 Å². The molecule has 16 heavy (non-hydrogen) atoms. The number of benzene rings is 1. The van der Waals surface area contributed by atoms with Gasteiger partial charge in [0.15, 0.2) is 0 Å². The van der Waals surface area contributed by atoms with Crippen molar-refractivity contribution in [1.29, 1.82) is 0 Å². The fourth-order valence-electron chi connectivity index (χ4n) is 1.96. The van der Waals surface area contributed by atoms with Gasteiger partial charge in [-0.15, -0.1) is 6.42 Å². The second kappa shape index (κ2) is 4.38. The zero-order valence-electron chi connectivity index (χ0n) is 9.19. The molecule has 1 aromatic rings. The summed E-state index contributed by atoms with van der Waals surface area (Å²) in [5.74, 6) is 2.90. The lowest BCUT2D eigenvalue weighted by molar-refractivity contribution is 0.702. The Morgan fingerprint density at radius 1 is 1.25 bits per heavy atom. The zero-order chi connectivity index (χ0) is 11.4. The lowest BCUT2D eigenvalue weighted by atomic mass is 9.76. The van der Waals surface area contributed by atoms with Crippen molar-refractivity contribution in [2.45, 2.75) is 18.4 Å². The highest BCUT2D eigenvalue weighted by Crippen LogP contribution is 2.31. The topological polar surface area (TPSA) is 26.0 Å².